The lowest BCUT2D eigenvalue weighted by Crippen LogP contribution is -2.38. The van der Waals surface area contributed by atoms with Crippen LogP contribution in [0, 0.1) is 0 Å². The maximum absolute atomic E-state index is 9.95. The molecule has 2 rings (SSSR count). The zero-order valence-corrected chi connectivity index (χ0v) is 11.5. The molecule has 1 aromatic rings. The van der Waals surface area contributed by atoms with Crippen molar-refractivity contribution in [1.82, 2.24) is 4.90 Å². The first-order chi connectivity index (χ1) is 9.31. The highest BCUT2D eigenvalue weighted by Crippen LogP contribution is 2.26. The van der Waals surface area contributed by atoms with Gasteiger partial charge in [-0.2, -0.15) is 0 Å². The fourth-order valence-corrected chi connectivity index (χ4v) is 2.22. The number of benzene rings is 1. The van der Waals surface area contributed by atoms with Crippen molar-refractivity contribution < 1.29 is 14.6 Å². The number of hydrogen-bond donors (Lipinski definition) is 1. The highest BCUT2D eigenvalue weighted by atomic mass is 16.5. The molecule has 1 saturated heterocycles. The molecule has 106 valence electrons. The topological polar surface area (TPSA) is 41.9 Å². The molecule has 19 heavy (non-hydrogen) atoms. The van der Waals surface area contributed by atoms with Crippen molar-refractivity contribution in [2.45, 2.75) is 19.4 Å². The Morgan fingerprint density at radius 3 is 2.79 bits per heavy atom. The maximum atomic E-state index is 9.95. The second-order valence-electron chi connectivity index (χ2n) is 4.76. The fourth-order valence-electron chi connectivity index (χ4n) is 2.22. The highest BCUT2D eigenvalue weighted by molar-refractivity contribution is 5.34. The van der Waals surface area contributed by atoms with E-state index < -0.39 is 6.10 Å². The molecule has 0 saturated carbocycles. The van der Waals surface area contributed by atoms with Crippen LogP contribution in [0.5, 0.6) is 5.75 Å². The summed E-state index contributed by atoms with van der Waals surface area (Å²) in [5.74, 6) is 0.796. The van der Waals surface area contributed by atoms with Gasteiger partial charge in [-0.15, -0.1) is 0 Å². The van der Waals surface area contributed by atoms with Gasteiger partial charge in [-0.3, -0.25) is 4.90 Å². The molecule has 1 aliphatic heterocycles. The van der Waals surface area contributed by atoms with Crippen molar-refractivity contribution in [2.75, 3.05) is 39.5 Å². The minimum atomic E-state index is -0.445. The van der Waals surface area contributed by atoms with Gasteiger partial charge in [-0.05, 0) is 12.5 Å². The number of aliphatic hydroxyl groups is 1. The number of ether oxygens (including phenoxy) is 2. The van der Waals surface area contributed by atoms with Crippen LogP contribution in [0.4, 0.5) is 0 Å². The van der Waals surface area contributed by atoms with Gasteiger partial charge in [-0.1, -0.05) is 25.1 Å². The average molecular weight is 265 g/mol. The molecular formula is C15H23NO3. The third-order valence-corrected chi connectivity index (χ3v) is 3.43. The van der Waals surface area contributed by atoms with Gasteiger partial charge in [0, 0.05) is 25.2 Å². The van der Waals surface area contributed by atoms with Crippen molar-refractivity contribution in [2.24, 2.45) is 0 Å². The van der Waals surface area contributed by atoms with E-state index in [1.807, 2.05) is 31.2 Å². The Kier molecular flexibility index (Phi) is 5.63. The normalized spacial score (nSPS) is 18.2. The van der Waals surface area contributed by atoms with Gasteiger partial charge in [0.25, 0.3) is 0 Å². The SMILES string of the molecule is CCC(O)c1ccccc1OCCN1CCOCC1. The average Bonchev–Trinajstić information content (AvgIpc) is 2.48. The Labute approximate surface area is 114 Å². The predicted molar refractivity (Wildman–Crippen MR) is 74.4 cm³/mol. The van der Waals surface area contributed by atoms with Crippen molar-refractivity contribution in [3.63, 3.8) is 0 Å². The van der Waals surface area contributed by atoms with Gasteiger partial charge in [0.15, 0.2) is 0 Å². The van der Waals surface area contributed by atoms with Gasteiger partial charge in [0.2, 0.25) is 0 Å². The standard InChI is InChI=1S/C15H23NO3/c1-2-14(17)13-5-3-4-6-15(13)19-12-9-16-7-10-18-11-8-16/h3-6,14,17H,2,7-12H2,1H3. The summed E-state index contributed by atoms with van der Waals surface area (Å²) in [7, 11) is 0. The van der Waals surface area contributed by atoms with Crippen LogP contribution in [0.1, 0.15) is 25.0 Å². The molecule has 0 aromatic heterocycles. The maximum Gasteiger partial charge on any atom is 0.125 e. The molecule has 0 radical (unpaired) electrons. The monoisotopic (exact) mass is 265 g/mol. The van der Waals surface area contributed by atoms with E-state index >= 15 is 0 Å². The molecule has 1 heterocycles. The Hall–Kier alpha value is -1.10. The zero-order chi connectivity index (χ0) is 13.5. The van der Waals surface area contributed by atoms with E-state index in [-0.39, 0.29) is 0 Å². The Morgan fingerprint density at radius 1 is 1.32 bits per heavy atom. The van der Waals surface area contributed by atoms with Gasteiger partial charge in [0.1, 0.15) is 12.4 Å². The first-order valence-corrected chi connectivity index (χ1v) is 7.01. The van der Waals surface area contributed by atoms with Crippen LogP contribution in [-0.4, -0.2) is 49.5 Å². The number of rotatable bonds is 6. The summed E-state index contributed by atoms with van der Waals surface area (Å²) in [6, 6.07) is 7.73. The Bertz CT molecular complexity index is 377. The van der Waals surface area contributed by atoms with Crippen LogP contribution in [0.3, 0.4) is 0 Å². The molecule has 1 N–H and O–H groups in total. The third-order valence-electron chi connectivity index (χ3n) is 3.43. The lowest BCUT2D eigenvalue weighted by Gasteiger charge is -2.26. The van der Waals surface area contributed by atoms with Gasteiger partial charge in [0.05, 0.1) is 19.3 Å². The number of para-hydroxylation sites is 1. The summed E-state index contributed by atoms with van der Waals surface area (Å²) in [6.45, 7) is 7.09. The lowest BCUT2D eigenvalue weighted by atomic mass is 10.1. The van der Waals surface area contributed by atoms with Crippen LogP contribution >= 0.6 is 0 Å². The quantitative estimate of drug-likeness (QED) is 0.852. The molecule has 0 amide bonds. The Balaban J connectivity index is 1.84. The van der Waals surface area contributed by atoms with Crippen LogP contribution in [0.15, 0.2) is 24.3 Å². The molecule has 1 atom stereocenters. The van der Waals surface area contributed by atoms with Crippen molar-refractivity contribution in [3.8, 4) is 5.75 Å². The number of aliphatic hydroxyl groups excluding tert-OH is 1. The second-order valence-corrected chi connectivity index (χ2v) is 4.76. The molecule has 0 spiro atoms. The summed E-state index contributed by atoms with van der Waals surface area (Å²) in [4.78, 5) is 2.34. The number of morpholine rings is 1. The van der Waals surface area contributed by atoms with E-state index in [9.17, 15) is 5.11 Å². The zero-order valence-electron chi connectivity index (χ0n) is 11.5. The van der Waals surface area contributed by atoms with Gasteiger partial charge < -0.3 is 14.6 Å². The largest absolute Gasteiger partial charge is 0.492 e. The third kappa shape index (κ3) is 4.20. The molecule has 0 aliphatic carbocycles. The molecule has 1 unspecified atom stereocenters. The summed E-state index contributed by atoms with van der Waals surface area (Å²) in [6.07, 6.45) is 0.253. The number of nitrogens with zero attached hydrogens (tertiary/aromatic N) is 1. The van der Waals surface area contributed by atoms with Gasteiger partial charge in [-0.25, -0.2) is 0 Å². The summed E-state index contributed by atoms with van der Waals surface area (Å²) in [5.41, 5.74) is 0.881. The lowest BCUT2D eigenvalue weighted by molar-refractivity contribution is 0.0320. The molecule has 1 aromatic carbocycles. The molecule has 1 aliphatic rings. The molecular weight excluding hydrogens is 242 g/mol. The Morgan fingerprint density at radius 2 is 2.05 bits per heavy atom. The van der Waals surface area contributed by atoms with E-state index in [0.29, 0.717) is 13.0 Å². The van der Waals surface area contributed by atoms with Crippen LogP contribution < -0.4 is 4.74 Å². The first kappa shape index (κ1) is 14.3. The summed E-state index contributed by atoms with van der Waals surface area (Å²) < 4.78 is 11.1. The summed E-state index contributed by atoms with van der Waals surface area (Å²) in [5, 5.41) is 9.95. The van der Waals surface area contributed by atoms with Crippen LogP contribution in [-0.2, 0) is 4.74 Å². The van der Waals surface area contributed by atoms with E-state index in [4.69, 9.17) is 9.47 Å². The predicted octanol–water partition coefficient (Wildman–Crippen LogP) is 1.84. The second kappa shape index (κ2) is 7.48. The van der Waals surface area contributed by atoms with Crippen molar-refractivity contribution in [3.05, 3.63) is 29.8 Å². The van der Waals surface area contributed by atoms with E-state index in [1.54, 1.807) is 0 Å². The van der Waals surface area contributed by atoms with Gasteiger partial charge >= 0.3 is 0 Å². The minimum absolute atomic E-state index is 0.445. The first-order valence-electron chi connectivity index (χ1n) is 7.01. The fraction of sp³-hybridized carbons (Fsp3) is 0.600. The highest BCUT2D eigenvalue weighted by Gasteiger charge is 2.13. The molecule has 0 bridgehead atoms. The summed E-state index contributed by atoms with van der Waals surface area (Å²) >= 11 is 0. The molecule has 4 nitrogen and oxygen atoms in total. The van der Waals surface area contributed by atoms with E-state index in [2.05, 4.69) is 4.90 Å². The van der Waals surface area contributed by atoms with Crippen LogP contribution in [0.25, 0.3) is 0 Å². The van der Waals surface area contributed by atoms with E-state index in [0.717, 1.165) is 44.2 Å². The van der Waals surface area contributed by atoms with Crippen molar-refractivity contribution in [1.29, 1.82) is 0 Å². The minimum Gasteiger partial charge on any atom is -0.492 e. The smallest absolute Gasteiger partial charge is 0.125 e. The molecule has 1 fully saturated rings. The van der Waals surface area contributed by atoms with Crippen LogP contribution in [0.2, 0.25) is 0 Å². The van der Waals surface area contributed by atoms with E-state index in [1.165, 1.54) is 0 Å². The van der Waals surface area contributed by atoms with Crippen molar-refractivity contribution >= 4 is 0 Å². The number of hydrogen-bond acceptors (Lipinski definition) is 4. The molecule has 4 heteroatoms.